The Bertz CT molecular complexity index is 698. The molecule has 0 fully saturated rings. The van der Waals surface area contributed by atoms with Crippen LogP contribution in [-0.4, -0.2) is 25.0 Å². The molecule has 0 atom stereocenters. The molecule has 0 aliphatic carbocycles. The number of hydrogen-bond acceptors (Lipinski definition) is 5. The number of non-ortho nitro benzene ring substituents is 1. The van der Waals surface area contributed by atoms with Crippen LogP contribution in [0.5, 0.6) is 0 Å². The normalized spacial score (nSPS) is 10.1. The molecule has 2 aromatic rings. The van der Waals surface area contributed by atoms with Crippen LogP contribution in [0.25, 0.3) is 0 Å². The molecule has 0 heterocycles. The maximum absolute atomic E-state index is 12.0. The van der Waals surface area contributed by atoms with Crippen molar-refractivity contribution in [3.05, 3.63) is 69.8 Å². The average Bonchev–Trinajstić information content (AvgIpc) is 2.53. The van der Waals surface area contributed by atoms with Crippen molar-refractivity contribution in [1.29, 1.82) is 0 Å². The molecule has 0 saturated carbocycles. The van der Waals surface area contributed by atoms with E-state index in [0.29, 0.717) is 11.1 Å². The van der Waals surface area contributed by atoms with E-state index < -0.39 is 10.9 Å². The van der Waals surface area contributed by atoms with Gasteiger partial charge in [0, 0.05) is 31.9 Å². The van der Waals surface area contributed by atoms with Crippen LogP contribution >= 0.6 is 0 Å². The molecular formula is C16H16N2O4. The highest BCUT2D eigenvalue weighted by atomic mass is 16.6. The summed E-state index contributed by atoms with van der Waals surface area (Å²) in [4.78, 5) is 24.2. The van der Waals surface area contributed by atoms with Crippen molar-refractivity contribution in [3.8, 4) is 0 Å². The van der Waals surface area contributed by atoms with Crippen LogP contribution in [0.2, 0.25) is 0 Å². The Morgan fingerprint density at radius 2 is 1.91 bits per heavy atom. The van der Waals surface area contributed by atoms with Gasteiger partial charge in [-0.15, -0.1) is 0 Å². The molecule has 0 unspecified atom stereocenters. The number of nitrogens with zero attached hydrogens (tertiary/aromatic N) is 2. The van der Waals surface area contributed by atoms with Crippen LogP contribution in [0.4, 0.5) is 11.4 Å². The highest BCUT2D eigenvalue weighted by molar-refractivity contribution is 5.90. The maximum atomic E-state index is 12.0. The van der Waals surface area contributed by atoms with E-state index in [4.69, 9.17) is 4.74 Å². The number of rotatable bonds is 5. The number of hydrogen-bond donors (Lipinski definition) is 0. The van der Waals surface area contributed by atoms with Crippen molar-refractivity contribution in [1.82, 2.24) is 0 Å². The monoisotopic (exact) mass is 300 g/mol. The molecule has 6 heteroatoms. The number of carbonyl (C=O) groups excluding carboxylic acids is 1. The standard InChI is InChI=1S/C16H16N2O4/c1-17(2)14-7-4-6-13(10-14)16(19)22-11-12-5-3-8-15(9-12)18(20)21/h3-10H,11H2,1-2H3. The molecule has 0 aliphatic rings. The van der Waals surface area contributed by atoms with E-state index >= 15 is 0 Å². The van der Waals surface area contributed by atoms with Crippen LogP contribution in [-0.2, 0) is 11.3 Å². The second-order valence-corrected chi connectivity index (χ2v) is 4.95. The zero-order chi connectivity index (χ0) is 16.1. The summed E-state index contributed by atoms with van der Waals surface area (Å²) in [6.07, 6.45) is 0. The second kappa shape index (κ2) is 6.71. The summed E-state index contributed by atoms with van der Waals surface area (Å²) in [5.74, 6) is -0.463. The number of ether oxygens (including phenoxy) is 1. The van der Waals surface area contributed by atoms with Crippen LogP contribution in [0.3, 0.4) is 0 Å². The van der Waals surface area contributed by atoms with E-state index in [1.165, 1.54) is 12.1 Å². The minimum Gasteiger partial charge on any atom is -0.457 e. The maximum Gasteiger partial charge on any atom is 0.338 e. The van der Waals surface area contributed by atoms with Gasteiger partial charge in [-0.3, -0.25) is 10.1 Å². The van der Waals surface area contributed by atoms with E-state index in [2.05, 4.69) is 0 Å². The van der Waals surface area contributed by atoms with E-state index in [0.717, 1.165) is 5.69 Å². The number of carbonyl (C=O) groups is 1. The molecular weight excluding hydrogens is 284 g/mol. The largest absolute Gasteiger partial charge is 0.457 e. The van der Waals surface area contributed by atoms with Gasteiger partial charge in [0.25, 0.3) is 5.69 Å². The quantitative estimate of drug-likeness (QED) is 0.482. The Hall–Kier alpha value is -2.89. The minimum atomic E-state index is -0.480. The van der Waals surface area contributed by atoms with E-state index in [1.54, 1.807) is 30.3 Å². The number of nitro groups is 1. The highest BCUT2D eigenvalue weighted by Crippen LogP contribution is 2.16. The summed E-state index contributed by atoms with van der Waals surface area (Å²) in [5.41, 5.74) is 1.89. The summed E-state index contributed by atoms with van der Waals surface area (Å²) in [7, 11) is 3.76. The lowest BCUT2D eigenvalue weighted by Crippen LogP contribution is -2.11. The molecule has 2 aromatic carbocycles. The van der Waals surface area contributed by atoms with Crippen LogP contribution in [0, 0.1) is 10.1 Å². The van der Waals surface area contributed by atoms with Crippen LogP contribution in [0.15, 0.2) is 48.5 Å². The van der Waals surface area contributed by atoms with E-state index in [9.17, 15) is 14.9 Å². The van der Waals surface area contributed by atoms with Crippen molar-refractivity contribution in [3.63, 3.8) is 0 Å². The summed E-state index contributed by atoms with van der Waals surface area (Å²) in [5, 5.41) is 10.7. The van der Waals surface area contributed by atoms with Gasteiger partial charge in [0.15, 0.2) is 0 Å². The van der Waals surface area contributed by atoms with Crippen molar-refractivity contribution >= 4 is 17.3 Å². The molecule has 0 aromatic heterocycles. The Morgan fingerprint density at radius 3 is 2.59 bits per heavy atom. The van der Waals surface area contributed by atoms with Crippen molar-refractivity contribution in [2.75, 3.05) is 19.0 Å². The zero-order valence-electron chi connectivity index (χ0n) is 12.4. The summed E-state index contributed by atoms with van der Waals surface area (Å²) in [6, 6.07) is 13.1. The first-order valence-electron chi connectivity index (χ1n) is 6.65. The third kappa shape index (κ3) is 3.82. The summed E-state index contributed by atoms with van der Waals surface area (Å²) in [6.45, 7) is -0.00724. The van der Waals surface area contributed by atoms with Gasteiger partial charge in [0.05, 0.1) is 10.5 Å². The lowest BCUT2D eigenvalue weighted by molar-refractivity contribution is -0.384. The first-order chi connectivity index (χ1) is 10.5. The molecule has 0 radical (unpaired) electrons. The van der Waals surface area contributed by atoms with E-state index in [-0.39, 0.29) is 12.3 Å². The minimum absolute atomic E-state index is 0.00724. The first kappa shape index (κ1) is 15.5. The van der Waals surface area contributed by atoms with Gasteiger partial charge in [0.2, 0.25) is 0 Å². The molecule has 0 spiro atoms. The highest BCUT2D eigenvalue weighted by Gasteiger charge is 2.10. The molecule has 2 rings (SSSR count). The summed E-state index contributed by atoms with van der Waals surface area (Å²) >= 11 is 0. The van der Waals surface area contributed by atoms with Gasteiger partial charge < -0.3 is 9.64 Å². The van der Waals surface area contributed by atoms with Gasteiger partial charge in [-0.1, -0.05) is 18.2 Å². The van der Waals surface area contributed by atoms with Crippen molar-refractivity contribution in [2.24, 2.45) is 0 Å². The smallest absolute Gasteiger partial charge is 0.338 e. The Labute approximate surface area is 128 Å². The molecule has 6 nitrogen and oxygen atoms in total. The molecule has 0 N–H and O–H groups in total. The van der Waals surface area contributed by atoms with Crippen molar-refractivity contribution in [2.45, 2.75) is 6.61 Å². The summed E-state index contributed by atoms with van der Waals surface area (Å²) < 4.78 is 5.20. The third-order valence-corrected chi connectivity index (χ3v) is 3.09. The predicted molar refractivity (Wildman–Crippen MR) is 83.0 cm³/mol. The molecule has 0 bridgehead atoms. The van der Waals surface area contributed by atoms with E-state index in [1.807, 2.05) is 25.1 Å². The van der Waals surface area contributed by atoms with Gasteiger partial charge in [0.1, 0.15) is 6.61 Å². The Morgan fingerprint density at radius 1 is 1.18 bits per heavy atom. The van der Waals surface area contributed by atoms with Crippen molar-refractivity contribution < 1.29 is 14.5 Å². The molecule has 22 heavy (non-hydrogen) atoms. The lowest BCUT2D eigenvalue weighted by atomic mass is 10.2. The number of anilines is 1. The Balaban J connectivity index is 2.05. The third-order valence-electron chi connectivity index (χ3n) is 3.09. The van der Waals surface area contributed by atoms with Gasteiger partial charge in [-0.2, -0.15) is 0 Å². The fourth-order valence-corrected chi connectivity index (χ4v) is 1.90. The van der Waals surface area contributed by atoms with Crippen LogP contribution < -0.4 is 4.90 Å². The lowest BCUT2D eigenvalue weighted by Gasteiger charge is -2.13. The second-order valence-electron chi connectivity index (χ2n) is 4.95. The zero-order valence-corrected chi connectivity index (χ0v) is 12.4. The predicted octanol–water partition coefficient (Wildman–Crippen LogP) is 3.02. The molecule has 114 valence electrons. The Kier molecular flexibility index (Phi) is 4.73. The topological polar surface area (TPSA) is 72.7 Å². The van der Waals surface area contributed by atoms with Gasteiger partial charge >= 0.3 is 5.97 Å². The molecule has 0 aliphatic heterocycles. The SMILES string of the molecule is CN(C)c1cccc(C(=O)OCc2cccc([N+](=O)[O-])c2)c1. The molecule has 0 amide bonds. The number of esters is 1. The fraction of sp³-hybridized carbons (Fsp3) is 0.188. The molecule has 0 saturated heterocycles. The van der Waals surface area contributed by atoms with Gasteiger partial charge in [-0.25, -0.2) is 4.79 Å². The van der Waals surface area contributed by atoms with Crippen LogP contribution in [0.1, 0.15) is 15.9 Å². The number of benzene rings is 2. The average molecular weight is 300 g/mol. The number of nitro benzene ring substituents is 1. The fourth-order valence-electron chi connectivity index (χ4n) is 1.90. The van der Waals surface area contributed by atoms with Gasteiger partial charge in [-0.05, 0) is 23.8 Å². The first-order valence-corrected chi connectivity index (χ1v) is 6.65.